The van der Waals surface area contributed by atoms with E-state index in [0.29, 0.717) is 26.3 Å². The molecular weight excluding hydrogens is 390 g/mol. The monoisotopic (exact) mass is 421 g/mol. The summed E-state index contributed by atoms with van der Waals surface area (Å²) in [6.45, 7) is 9.69. The number of carbonyl (C=O) groups is 3. The molecule has 0 radical (unpaired) electrons. The Bertz CT molecular complexity index is 781. The van der Waals surface area contributed by atoms with E-state index in [1.165, 1.54) is 12.2 Å². The van der Waals surface area contributed by atoms with Crippen LogP contribution in [-0.4, -0.2) is 75.6 Å². The van der Waals surface area contributed by atoms with Crippen molar-refractivity contribution in [1.29, 1.82) is 0 Å². The largest absolute Gasteiger partial charge is 0.394 e. The number of aliphatic hydroxyl groups excluding tert-OH is 1. The van der Waals surface area contributed by atoms with Crippen LogP contribution in [0.15, 0.2) is 18.3 Å². The van der Waals surface area contributed by atoms with Crippen molar-refractivity contribution in [3.05, 3.63) is 24.0 Å². The molecular formula is C20H31N5O5. The lowest BCUT2D eigenvalue weighted by Gasteiger charge is -2.28. The van der Waals surface area contributed by atoms with Crippen LogP contribution in [-0.2, 0) is 31.1 Å². The maximum atomic E-state index is 12.1. The summed E-state index contributed by atoms with van der Waals surface area (Å²) >= 11 is 0. The number of carbonyl (C=O) groups excluding carboxylic acids is 3. The first-order valence-electron chi connectivity index (χ1n) is 9.93. The highest BCUT2D eigenvalue weighted by Crippen LogP contribution is 2.23. The lowest BCUT2D eigenvalue weighted by atomic mass is 9.90. The van der Waals surface area contributed by atoms with E-state index in [2.05, 4.69) is 15.6 Å². The van der Waals surface area contributed by atoms with Gasteiger partial charge in [0.1, 0.15) is 0 Å². The maximum Gasteiger partial charge on any atom is 0.253 e. The molecule has 0 aromatic carbocycles. The van der Waals surface area contributed by atoms with Crippen LogP contribution in [0.3, 0.4) is 0 Å². The van der Waals surface area contributed by atoms with E-state index in [1.54, 1.807) is 10.9 Å². The quantitative estimate of drug-likeness (QED) is 0.456. The predicted octanol–water partition coefficient (Wildman–Crippen LogP) is 0.0221. The van der Waals surface area contributed by atoms with Crippen LogP contribution in [0.1, 0.15) is 39.8 Å². The molecule has 10 heteroatoms. The molecule has 2 rings (SSSR count). The standard InChI is InChI=1S/C20H31N5O5/c1-19(2,12-21-16(27)7-8-25-17(28)5-6-18(25)29)13-30-14-20(3,4)15-11-24(9-10-26)23-22-15/h5-6,11,26H,7-10,12-14H2,1-4H3,(H,21,27). The second-order valence-corrected chi connectivity index (χ2v) is 8.82. The molecule has 0 unspecified atom stereocenters. The molecule has 0 aliphatic carbocycles. The lowest BCUT2D eigenvalue weighted by molar-refractivity contribution is -0.137. The van der Waals surface area contributed by atoms with Crippen molar-refractivity contribution in [1.82, 2.24) is 25.2 Å². The first-order valence-corrected chi connectivity index (χ1v) is 9.93. The fraction of sp³-hybridized carbons (Fsp3) is 0.650. The summed E-state index contributed by atoms with van der Waals surface area (Å²) in [5.41, 5.74) is 0.124. The van der Waals surface area contributed by atoms with E-state index in [9.17, 15) is 14.4 Å². The molecule has 0 bridgehead atoms. The molecule has 1 aromatic heterocycles. The molecule has 1 aliphatic rings. The molecule has 30 heavy (non-hydrogen) atoms. The first-order chi connectivity index (χ1) is 14.0. The van der Waals surface area contributed by atoms with Crippen molar-refractivity contribution in [2.75, 3.05) is 32.9 Å². The van der Waals surface area contributed by atoms with E-state index < -0.39 is 0 Å². The van der Waals surface area contributed by atoms with E-state index in [4.69, 9.17) is 9.84 Å². The van der Waals surface area contributed by atoms with E-state index >= 15 is 0 Å². The van der Waals surface area contributed by atoms with Crippen LogP contribution >= 0.6 is 0 Å². The molecule has 0 saturated carbocycles. The molecule has 1 aliphatic heterocycles. The summed E-state index contributed by atoms with van der Waals surface area (Å²) in [6, 6.07) is 0. The normalized spacial score (nSPS) is 14.6. The number of ether oxygens (including phenoxy) is 1. The van der Waals surface area contributed by atoms with Crippen LogP contribution in [0.5, 0.6) is 0 Å². The average Bonchev–Trinajstić information content (AvgIpc) is 3.26. The number of aliphatic hydroxyl groups is 1. The summed E-state index contributed by atoms with van der Waals surface area (Å²) in [5, 5.41) is 20.0. The van der Waals surface area contributed by atoms with Gasteiger partial charge in [0, 0.05) is 48.7 Å². The van der Waals surface area contributed by atoms with E-state index in [0.717, 1.165) is 10.6 Å². The molecule has 10 nitrogen and oxygen atoms in total. The van der Waals surface area contributed by atoms with Crippen molar-refractivity contribution >= 4 is 17.7 Å². The van der Waals surface area contributed by atoms with Crippen molar-refractivity contribution in [2.24, 2.45) is 5.41 Å². The van der Waals surface area contributed by atoms with Gasteiger partial charge in [0.25, 0.3) is 11.8 Å². The minimum Gasteiger partial charge on any atom is -0.394 e. The lowest BCUT2D eigenvalue weighted by Crippen LogP contribution is -2.40. The number of hydrogen-bond donors (Lipinski definition) is 2. The topological polar surface area (TPSA) is 127 Å². The van der Waals surface area contributed by atoms with Crippen LogP contribution in [0, 0.1) is 5.41 Å². The number of rotatable bonds is 12. The Balaban J connectivity index is 1.71. The molecule has 0 fully saturated rings. The van der Waals surface area contributed by atoms with Crippen molar-refractivity contribution in [2.45, 2.75) is 46.1 Å². The summed E-state index contributed by atoms with van der Waals surface area (Å²) in [5.74, 6) is -1.00. The van der Waals surface area contributed by atoms with Gasteiger partial charge in [-0.1, -0.05) is 32.9 Å². The van der Waals surface area contributed by atoms with Crippen LogP contribution in [0.25, 0.3) is 0 Å². The number of amides is 3. The van der Waals surface area contributed by atoms with Crippen molar-refractivity contribution in [3.8, 4) is 0 Å². The molecule has 1 aromatic rings. The number of imide groups is 1. The zero-order valence-electron chi connectivity index (χ0n) is 18.1. The van der Waals surface area contributed by atoms with E-state index in [1.807, 2.05) is 27.7 Å². The van der Waals surface area contributed by atoms with Gasteiger partial charge < -0.3 is 15.2 Å². The van der Waals surface area contributed by atoms with Gasteiger partial charge in [-0.25, -0.2) is 4.68 Å². The van der Waals surface area contributed by atoms with Gasteiger partial charge in [0.15, 0.2) is 0 Å². The number of hydrogen-bond acceptors (Lipinski definition) is 7. The SMILES string of the molecule is CC(C)(CNC(=O)CCN1C(=O)C=CC1=O)COCC(C)(C)c1cn(CCO)nn1. The van der Waals surface area contributed by atoms with E-state index in [-0.39, 0.29) is 48.1 Å². The van der Waals surface area contributed by atoms with Crippen LogP contribution < -0.4 is 5.32 Å². The number of nitrogens with one attached hydrogen (secondary N) is 1. The molecule has 166 valence electrons. The molecule has 2 N–H and O–H groups in total. The molecule has 0 saturated heterocycles. The summed E-state index contributed by atoms with van der Waals surface area (Å²) < 4.78 is 7.50. The molecule has 2 heterocycles. The maximum absolute atomic E-state index is 12.1. The number of aromatic nitrogens is 3. The van der Waals surface area contributed by atoms with Gasteiger partial charge in [-0.2, -0.15) is 0 Å². The van der Waals surface area contributed by atoms with Gasteiger partial charge in [0.2, 0.25) is 5.91 Å². The smallest absolute Gasteiger partial charge is 0.253 e. The molecule has 3 amide bonds. The molecule has 0 atom stereocenters. The third-order valence-corrected chi connectivity index (χ3v) is 4.74. The summed E-state index contributed by atoms with van der Waals surface area (Å²) in [7, 11) is 0. The van der Waals surface area contributed by atoms with Gasteiger partial charge in [-0.05, 0) is 0 Å². The second-order valence-electron chi connectivity index (χ2n) is 8.82. The summed E-state index contributed by atoms with van der Waals surface area (Å²) in [6.07, 6.45) is 4.27. The minimum atomic E-state index is -0.388. The predicted molar refractivity (Wildman–Crippen MR) is 108 cm³/mol. The molecule has 0 spiro atoms. The third-order valence-electron chi connectivity index (χ3n) is 4.74. The van der Waals surface area contributed by atoms with Gasteiger partial charge in [0.05, 0.1) is 32.1 Å². The average molecular weight is 421 g/mol. The summed E-state index contributed by atoms with van der Waals surface area (Å²) in [4.78, 5) is 36.1. The van der Waals surface area contributed by atoms with Crippen molar-refractivity contribution < 1.29 is 24.2 Å². The second kappa shape index (κ2) is 9.94. The highest BCUT2D eigenvalue weighted by Gasteiger charge is 2.27. The Labute approximate surface area is 176 Å². The Morgan fingerprint density at radius 3 is 2.43 bits per heavy atom. The van der Waals surface area contributed by atoms with Crippen LogP contribution in [0.4, 0.5) is 0 Å². The van der Waals surface area contributed by atoms with Gasteiger partial charge in [-0.15, -0.1) is 5.10 Å². The fourth-order valence-electron chi connectivity index (χ4n) is 2.82. The van der Waals surface area contributed by atoms with Gasteiger partial charge in [-0.3, -0.25) is 19.3 Å². The Morgan fingerprint density at radius 1 is 1.13 bits per heavy atom. The van der Waals surface area contributed by atoms with Crippen LogP contribution in [0.2, 0.25) is 0 Å². The fourth-order valence-corrected chi connectivity index (χ4v) is 2.82. The van der Waals surface area contributed by atoms with Crippen molar-refractivity contribution in [3.63, 3.8) is 0 Å². The van der Waals surface area contributed by atoms with Gasteiger partial charge >= 0.3 is 0 Å². The zero-order valence-corrected chi connectivity index (χ0v) is 18.1. The Morgan fingerprint density at radius 2 is 1.80 bits per heavy atom. The highest BCUT2D eigenvalue weighted by molar-refractivity contribution is 6.13. The number of nitrogens with zero attached hydrogens (tertiary/aromatic N) is 4. The Hall–Kier alpha value is -2.59. The Kier molecular flexibility index (Phi) is 7.85. The highest BCUT2D eigenvalue weighted by atomic mass is 16.5. The first kappa shape index (κ1) is 23.7. The minimum absolute atomic E-state index is 0.00116. The zero-order chi connectivity index (χ0) is 22.4. The third kappa shape index (κ3) is 6.74.